The summed E-state index contributed by atoms with van der Waals surface area (Å²) < 4.78 is 21.2. The van der Waals surface area contributed by atoms with E-state index in [1.807, 2.05) is 0 Å². The Balaban J connectivity index is 1.71. The van der Waals surface area contributed by atoms with E-state index in [2.05, 4.69) is 10.5 Å². The van der Waals surface area contributed by atoms with E-state index in [9.17, 15) is 14.7 Å². The minimum atomic E-state index is -0.629. The van der Waals surface area contributed by atoms with Gasteiger partial charge in [0.15, 0.2) is 11.5 Å². The summed E-state index contributed by atoms with van der Waals surface area (Å²) in [5, 5.41) is 13.6. The summed E-state index contributed by atoms with van der Waals surface area (Å²) in [4.78, 5) is 24.8. The van der Waals surface area contributed by atoms with Crippen molar-refractivity contribution in [1.82, 2.24) is 5.43 Å². The topological polar surface area (TPSA) is 116 Å². The van der Waals surface area contributed by atoms with E-state index in [-0.39, 0.29) is 22.6 Å². The predicted octanol–water partition coefficient (Wildman–Crippen LogP) is 3.40. The number of hydrogen-bond acceptors (Lipinski definition) is 8. The molecule has 0 fully saturated rings. The van der Waals surface area contributed by atoms with Crippen LogP contribution in [0.1, 0.15) is 26.3 Å². The number of hydrazone groups is 1. The molecular weight excluding hydrogens is 428 g/mol. The highest BCUT2D eigenvalue weighted by Crippen LogP contribution is 2.38. The van der Waals surface area contributed by atoms with Gasteiger partial charge < -0.3 is 24.1 Å². The Morgan fingerprint density at radius 3 is 2.24 bits per heavy atom. The molecule has 170 valence electrons. The third-order valence-corrected chi connectivity index (χ3v) is 4.50. The maximum atomic E-state index is 12.7. The molecule has 9 heteroatoms. The average Bonchev–Trinajstić information content (AvgIpc) is 2.83. The van der Waals surface area contributed by atoms with Crippen molar-refractivity contribution >= 4 is 18.1 Å². The first-order chi connectivity index (χ1) is 16.0. The fraction of sp³-hybridized carbons (Fsp3) is 0.125. The van der Waals surface area contributed by atoms with Gasteiger partial charge >= 0.3 is 5.97 Å². The molecule has 33 heavy (non-hydrogen) atoms. The Morgan fingerprint density at radius 2 is 1.61 bits per heavy atom. The number of esters is 1. The van der Waals surface area contributed by atoms with Gasteiger partial charge in [-0.2, -0.15) is 5.10 Å². The number of phenolic OH excluding ortho intramolecular Hbond substituents is 1. The van der Waals surface area contributed by atoms with Crippen molar-refractivity contribution in [2.75, 3.05) is 21.3 Å². The molecule has 0 radical (unpaired) electrons. The van der Waals surface area contributed by atoms with Crippen LogP contribution in [0.25, 0.3) is 0 Å². The zero-order valence-electron chi connectivity index (χ0n) is 18.2. The van der Waals surface area contributed by atoms with Gasteiger partial charge in [-0.05, 0) is 42.0 Å². The van der Waals surface area contributed by atoms with Crippen LogP contribution >= 0.6 is 0 Å². The van der Waals surface area contributed by atoms with Crippen molar-refractivity contribution < 1.29 is 33.6 Å². The number of amides is 1. The molecule has 0 aliphatic rings. The van der Waals surface area contributed by atoms with E-state index in [1.54, 1.807) is 36.4 Å². The molecule has 2 N–H and O–H groups in total. The molecule has 9 nitrogen and oxygen atoms in total. The van der Waals surface area contributed by atoms with Crippen LogP contribution in [-0.4, -0.2) is 44.5 Å². The Labute approximate surface area is 190 Å². The van der Waals surface area contributed by atoms with Crippen LogP contribution in [0.2, 0.25) is 0 Å². The lowest BCUT2D eigenvalue weighted by molar-refractivity contribution is 0.0733. The van der Waals surface area contributed by atoms with Gasteiger partial charge in [0.25, 0.3) is 5.91 Å². The standard InChI is InChI=1S/C24H22N2O7/c1-30-20-12-16(13-21(31-2)22(20)32-3)24(29)33-17-8-6-7-15(11-17)14-25-26-23(28)18-9-4-5-10-19(18)27/h4-14,27H,1-3H3,(H,26,28). The number of benzene rings is 3. The van der Waals surface area contributed by atoms with Crippen LogP contribution in [0, 0.1) is 0 Å². The van der Waals surface area contributed by atoms with Crippen molar-refractivity contribution in [3.8, 4) is 28.7 Å². The van der Waals surface area contributed by atoms with E-state index in [0.29, 0.717) is 22.8 Å². The quantitative estimate of drug-likeness (QED) is 0.234. The fourth-order valence-electron chi connectivity index (χ4n) is 2.91. The first-order valence-corrected chi connectivity index (χ1v) is 9.70. The van der Waals surface area contributed by atoms with Crippen molar-refractivity contribution in [3.63, 3.8) is 0 Å². The van der Waals surface area contributed by atoms with Gasteiger partial charge in [0.1, 0.15) is 11.5 Å². The molecule has 3 rings (SSSR count). The Kier molecular flexibility index (Phi) is 7.48. The second-order valence-electron chi connectivity index (χ2n) is 6.59. The lowest BCUT2D eigenvalue weighted by Gasteiger charge is -2.13. The summed E-state index contributed by atoms with van der Waals surface area (Å²) in [6, 6.07) is 15.7. The minimum Gasteiger partial charge on any atom is -0.507 e. The number of hydrogen-bond donors (Lipinski definition) is 2. The third-order valence-electron chi connectivity index (χ3n) is 4.50. The monoisotopic (exact) mass is 450 g/mol. The molecule has 0 aromatic heterocycles. The number of rotatable bonds is 8. The zero-order valence-corrected chi connectivity index (χ0v) is 18.2. The summed E-state index contributed by atoms with van der Waals surface area (Å²) >= 11 is 0. The lowest BCUT2D eigenvalue weighted by atomic mass is 10.1. The van der Waals surface area contributed by atoms with Crippen LogP contribution in [-0.2, 0) is 0 Å². The van der Waals surface area contributed by atoms with Crippen LogP contribution in [0.5, 0.6) is 28.7 Å². The third kappa shape index (κ3) is 5.59. The minimum absolute atomic E-state index is 0.0997. The highest BCUT2D eigenvalue weighted by Gasteiger charge is 2.18. The largest absolute Gasteiger partial charge is 0.507 e. The SMILES string of the molecule is COc1cc(C(=O)Oc2cccc(C=NNC(=O)c3ccccc3O)c2)cc(OC)c1OC. The van der Waals surface area contributed by atoms with Crippen LogP contribution in [0.4, 0.5) is 0 Å². The van der Waals surface area contributed by atoms with E-state index in [1.165, 1.54) is 51.8 Å². The van der Waals surface area contributed by atoms with Gasteiger partial charge in [-0.25, -0.2) is 10.2 Å². The first kappa shape index (κ1) is 23.1. The smallest absolute Gasteiger partial charge is 0.343 e. The Bertz CT molecular complexity index is 1170. The number of aromatic hydroxyl groups is 1. The maximum absolute atomic E-state index is 12.7. The van der Waals surface area contributed by atoms with Gasteiger partial charge in [-0.1, -0.05) is 24.3 Å². The Hall–Kier alpha value is -4.53. The zero-order chi connectivity index (χ0) is 23.8. The van der Waals surface area contributed by atoms with Gasteiger partial charge in [-0.3, -0.25) is 4.79 Å². The van der Waals surface area contributed by atoms with Gasteiger partial charge in [0.05, 0.1) is 38.7 Å². The molecule has 0 saturated heterocycles. The van der Waals surface area contributed by atoms with Gasteiger partial charge in [0.2, 0.25) is 5.75 Å². The molecule has 0 unspecified atom stereocenters. The van der Waals surface area contributed by atoms with E-state index in [4.69, 9.17) is 18.9 Å². The summed E-state index contributed by atoms with van der Waals surface area (Å²) in [5.41, 5.74) is 3.21. The maximum Gasteiger partial charge on any atom is 0.343 e. The van der Waals surface area contributed by atoms with E-state index in [0.717, 1.165) is 0 Å². The second-order valence-corrected chi connectivity index (χ2v) is 6.59. The number of carbonyl (C=O) groups excluding carboxylic acids is 2. The van der Waals surface area contributed by atoms with Crippen molar-refractivity contribution in [2.45, 2.75) is 0 Å². The number of nitrogens with zero attached hydrogens (tertiary/aromatic N) is 1. The highest BCUT2D eigenvalue weighted by molar-refractivity contribution is 5.97. The fourth-order valence-corrected chi connectivity index (χ4v) is 2.91. The summed E-state index contributed by atoms with van der Waals surface area (Å²) in [5.74, 6) is -0.0588. The molecule has 0 heterocycles. The van der Waals surface area contributed by atoms with Gasteiger partial charge in [-0.15, -0.1) is 0 Å². The number of phenols is 1. The van der Waals surface area contributed by atoms with Crippen molar-refractivity contribution in [3.05, 3.63) is 77.4 Å². The first-order valence-electron chi connectivity index (χ1n) is 9.70. The molecule has 0 spiro atoms. The molecule has 0 bridgehead atoms. The summed E-state index contributed by atoms with van der Waals surface area (Å²) in [7, 11) is 4.37. The van der Waals surface area contributed by atoms with Crippen molar-refractivity contribution in [2.24, 2.45) is 5.10 Å². The number of ether oxygens (including phenoxy) is 4. The molecule has 0 aliphatic heterocycles. The average molecular weight is 450 g/mol. The highest BCUT2D eigenvalue weighted by atomic mass is 16.5. The number of carbonyl (C=O) groups is 2. The number of methoxy groups -OCH3 is 3. The van der Waals surface area contributed by atoms with E-state index < -0.39 is 11.9 Å². The number of para-hydroxylation sites is 1. The molecule has 1 amide bonds. The molecule has 3 aromatic carbocycles. The van der Waals surface area contributed by atoms with Crippen LogP contribution in [0.3, 0.4) is 0 Å². The predicted molar refractivity (Wildman–Crippen MR) is 121 cm³/mol. The second kappa shape index (κ2) is 10.7. The summed E-state index contributed by atoms with van der Waals surface area (Å²) in [6.45, 7) is 0. The van der Waals surface area contributed by atoms with Crippen LogP contribution < -0.4 is 24.4 Å². The van der Waals surface area contributed by atoms with Crippen molar-refractivity contribution in [1.29, 1.82) is 0 Å². The van der Waals surface area contributed by atoms with E-state index >= 15 is 0 Å². The van der Waals surface area contributed by atoms with Gasteiger partial charge in [0, 0.05) is 0 Å². The van der Waals surface area contributed by atoms with Crippen LogP contribution in [0.15, 0.2) is 65.8 Å². The molecule has 3 aromatic rings. The molecule has 0 saturated carbocycles. The number of nitrogens with one attached hydrogen (secondary N) is 1. The summed E-state index contributed by atoms with van der Waals surface area (Å²) in [6.07, 6.45) is 1.38. The lowest BCUT2D eigenvalue weighted by Crippen LogP contribution is -2.17. The normalized spacial score (nSPS) is 10.5. The Morgan fingerprint density at radius 1 is 0.909 bits per heavy atom. The molecule has 0 aliphatic carbocycles. The molecular formula is C24H22N2O7. The molecule has 0 atom stereocenters.